The summed E-state index contributed by atoms with van der Waals surface area (Å²) >= 11 is 0. The summed E-state index contributed by atoms with van der Waals surface area (Å²) in [5.74, 6) is -0.679. The van der Waals surface area contributed by atoms with Crippen LogP contribution in [0.3, 0.4) is 0 Å². The van der Waals surface area contributed by atoms with Crippen molar-refractivity contribution in [2.75, 3.05) is 11.9 Å². The van der Waals surface area contributed by atoms with Gasteiger partial charge in [-0.1, -0.05) is 0 Å². The van der Waals surface area contributed by atoms with E-state index < -0.39 is 23.3 Å². The SMILES string of the molecule is CC(C)(C)NC(=O)CNc1nc(C(F)(F)F)ccc1C#N. The summed E-state index contributed by atoms with van der Waals surface area (Å²) in [5.41, 5.74) is -1.65. The van der Waals surface area contributed by atoms with E-state index in [1.54, 1.807) is 26.8 Å². The molecule has 0 aliphatic heterocycles. The third-order valence-corrected chi connectivity index (χ3v) is 2.24. The van der Waals surface area contributed by atoms with Gasteiger partial charge in [-0.3, -0.25) is 4.79 Å². The molecule has 0 aromatic carbocycles. The minimum atomic E-state index is -4.61. The third kappa shape index (κ3) is 5.30. The van der Waals surface area contributed by atoms with Crippen LogP contribution in [0.25, 0.3) is 0 Å². The van der Waals surface area contributed by atoms with Crippen molar-refractivity contribution in [2.24, 2.45) is 0 Å². The van der Waals surface area contributed by atoms with E-state index in [0.717, 1.165) is 12.1 Å². The standard InChI is InChI=1S/C13H15F3N4O/c1-12(2,3)20-10(21)7-18-11-8(6-17)4-5-9(19-11)13(14,15)16/h4-5H,7H2,1-3H3,(H,18,19)(H,20,21). The highest BCUT2D eigenvalue weighted by atomic mass is 19.4. The summed E-state index contributed by atoms with van der Waals surface area (Å²) in [6, 6.07) is 3.46. The number of nitrogens with zero attached hydrogens (tertiary/aromatic N) is 2. The Balaban J connectivity index is 2.87. The molecule has 0 saturated carbocycles. The highest BCUT2D eigenvalue weighted by Gasteiger charge is 2.33. The molecule has 1 aromatic rings. The average molecular weight is 300 g/mol. The first-order chi connectivity index (χ1) is 9.53. The van der Waals surface area contributed by atoms with E-state index in [0.29, 0.717) is 0 Å². The summed E-state index contributed by atoms with van der Waals surface area (Å²) in [4.78, 5) is 15.0. The van der Waals surface area contributed by atoms with Gasteiger partial charge in [-0.05, 0) is 32.9 Å². The van der Waals surface area contributed by atoms with E-state index in [1.807, 2.05) is 0 Å². The Morgan fingerprint density at radius 1 is 1.33 bits per heavy atom. The molecule has 8 heteroatoms. The number of nitrogens with one attached hydrogen (secondary N) is 2. The number of alkyl halides is 3. The highest BCUT2D eigenvalue weighted by Crippen LogP contribution is 2.29. The molecule has 1 heterocycles. The Morgan fingerprint density at radius 2 is 1.95 bits per heavy atom. The van der Waals surface area contributed by atoms with Gasteiger partial charge >= 0.3 is 6.18 Å². The molecule has 21 heavy (non-hydrogen) atoms. The summed E-state index contributed by atoms with van der Waals surface area (Å²) in [7, 11) is 0. The number of pyridine rings is 1. The lowest BCUT2D eigenvalue weighted by atomic mass is 10.1. The van der Waals surface area contributed by atoms with E-state index >= 15 is 0 Å². The first kappa shape index (κ1) is 16.8. The van der Waals surface area contributed by atoms with Crippen LogP contribution in [0.1, 0.15) is 32.0 Å². The van der Waals surface area contributed by atoms with Crippen LogP contribution in [-0.4, -0.2) is 23.0 Å². The average Bonchev–Trinajstić information content (AvgIpc) is 2.32. The zero-order valence-electron chi connectivity index (χ0n) is 11.8. The van der Waals surface area contributed by atoms with E-state index in [4.69, 9.17) is 5.26 Å². The van der Waals surface area contributed by atoms with Gasteiger partial charge in [0.1, 0.15) is 17.6 Å². The van der Waals surface area contributed by atoms with Crippen molar-refractivity contribution < 1.29 is 18.0 Å². The molecular formula is C13H15F3N4O. The van der Waals surface area contributed by atoms with E-state index in [-0.39, 0.29) is 17.9 Å². The quantitative estimate of drug-likeness (QED) is 0.898. The van der Waals surface area contributed by atoms with Crippen molar-refractivity contribution >= 4 is 11.7 Å². The van der Waals surface area contributed by atoms with Crippen molar-refractivity contribution in [1.29, 1.82) is 5.26 Å². The van der Waals surface area contributed by atoms with Crippen molar-refractivity contribution in [3.63, 3.8) is 0 Å². The number of aromatic nitrogens is 1. The number of carbonyl (C=O) groups is 1. The van der Waals surface area contributed by atoms with Crippen LogP contribution in [0.5, 0.6) is 0 Å². The lowest BCUT2D eigenvalue weighted by molar-refractivity contribution is -0.141. The van der Waals surface area contributed by atoms with E-state index in [2.05, 4.69) is 15.6 Å². The van der Waals surface area contributed by atoms with Crippen LogP contribution < -0.4 is 10.6 Å². The van der Waals surface area contributed by atoms with Gasteiger partial charge in [-0.2, -0.15) is 18.4 Å². The van der Waals surface area contributed by atoms with Gasteiger partial charge in [0.2, 0.25) is 5.91 Å². The third-order valence-electron chi connectivity index (χ3n) is 2.24. The van der Waals surface area contributed by atoms with Crippen LogP contribution >= 0.6 is 0 Å². The van der Waals surface area contributed by atoms with Gasteiger partial charge < -0.3 is 10.6 Å². The zero-order valence-corrected chi connectivity index (χ0v) is 11.8. The van der Waals surface area contributed by atoms with Gasteiger partial charge in [0.15, 0.2) is 0 Å². The fourth-order valence-electron chi connectivity index (χ4n) is 1.47. The lowest BCUT2D eigenvalue weighted by Crippen LogP contribution is -2.43. The number of halogens is 3. The number of carbonyl (C=O) groups excluding carboxylic acids is 1. The van der Waals surface area contributed by atoms with Crippen LogP contribution in [0.15, 0.2) is 12.1 Å². The van der Waals surface area contributed by atoms with Crippen LogP contribution in [-0.2, 0) is 11.0 Å². The maximum atomic E-state index is 12.6. The largest absolute Gasteiger partial charge is 0.433 e. The van der Waals surface area contributed by atoms with Crippen molar-refractivity contribution in [1.82, 2.24) is 10.3 Å². The Kier molecular flexibility index (Phi) is 4.78. The minimum absolute atomic E-state index is 0.0634. The Bertz CT molecular complexity index is 570. The van der Waals surface area contributed by atoms with Gasteiger partial charge in [-0.25, -0.2) is 4.98 Å². The summed E-state index contributed by atoms with van der Waals surface area (Å²) < 4.78 is 37.7. The van der Waals surface area contributed by atoms with Crippen LogP contribution in [0.2, 0.25) is 0 Å². The molecule has 2 N–H and O–H groups in total. The van der Waals surface area contributed by atoms with Gasteiger partial charge in [0.25, 0.3) is 0 Å². The molecule has 0 aliphatic carbocycles. The predicted octanol–water partition coefficient (Wildman–Crippen LogP) is 2.30. The Hall–Kier alpha value is -2.30. The Morgan fingerprint density at radius 3 is 2.43 bits per heavy atom. The fraction of sp³-hybridized carbons (Fsp3) is 0.462. The number of amides is 1. The molecular weight excluding hydrogens is 285 g/mol. The van der Waals surface area contributed by atoms with Crippen molar-refractivity contribution in [2.45, 2.75) is 32.5 Å². The molecule has 0 radical (unpaired) electrons. The highest BCUT2D eigenvalue weighted by molar-refractivity contribution is 5.81. The van der Waals surface area contributed by atoms with Gasteiger partial charge in [0, 0.05) is 5.54 Å². The molecule has 0 saturated heterocycles. The Labute approximate surface area is 120 Å². The van der Waals surface area contributed by atoms with Gasteiger partial charge in [0.05, 0.1) is 12.1 Å². The smallest absolute Gasteiger partial charge is 0.360 e. The molecule has 114 valence electrons. The first-order valence-electron chi connectivity index (χ1n) is 6.06. The summed E-state index contributed by atoms with van der Waals surface area (Å²) in [6.07, 6.45) is -4.61. The molecule has 0 spiro atoms. The van der Waals surface area contributed by atoms with Crippen LogP contribution in [0.4, 0.5) is 19.0 Å². The molecule has 1 rings (SSSR count). The maximum absolute atomic E-state index is 12.6. The number of hydrogen-bond acceptors (Lipinski definition) is 4. The monoisotopic (exact) mass is 300 g/mol. The molecule has 0 atom stereocenters. The molecule has 1 amide bonds. The second-order valence-electron chi connectivity index (χ2n) is 5.35. The maximum Gasteiger partial charge on any atom is 0.433 e. The van der Waals surface area contributed by atoms with E-state index in [9.17, 15) is 18.0 Å². The minimum Gasteiger partial charge on any atom is -0.360 e. The second kappa shape index (κ2) is 5.99. The topological polar surface area (TPSA) is 77.8 Å². The molecule has 0 unspecified atom stereocenters. The first-order valence-corrected chi connectivity index (χ1v) is 6.06. The normalized spacial score (nSPS) is 11.7. The molecule has 0 aliphatic rings. The summed E-state index contributed by atoms with van der Waals surface area (Å²) in [5, 5.41) is 13.9. The summed E-state index contributed by atoms with van der Waals surface area (Å²) in [6.45, 7) is 5.04. The zero-order chi connectivity index (χ0) is 16.3. The molecule has 0 fully saturated rings. The van der Waals surface area contributed by atoms with Gasteiger partial charge in [-0.15, -0.1) is 0 Å². The lowest BCUT2D eigenvalue weighted by Gasteiger charge is -2.20. The number of hydrogen-bond donors (Lipinski definition) is 2. The number of nitriles is 1. The second-order valence-corrected chi connectivity index (χ2v) is 5.35. The molecule has 0 bridgehead atoms. The van der Waals surface area contributed by atoms with Crippen molar-refractivity contribution in [3.8, 4) is 6.07 Å². The van der Waals surface area contributed by atoms with E-state index in [1.165, 1.54) is 0 Å². The van der Waals surface area contributed by atoms with Crippen molar-refractivity contribution in [3.05, 3.63) is 23.4 Å². The molecule has 5 nitrogen and oxygen atoms in total. The van der Waals surface area contributed by atoms with Crippen LogP contribution in [0, 0.1) is 11.3 Å². The number of anilines is 1. The fourth-order valence-corrected chi connectivity index (χ4v) is 1.47. The molecule has 1 aromatic heterocycles. The predicted molar refractivity (Wildman–Crippen MR) is 70.3 cm³/mol. The number of rotatable bonds is 3.